The Labute approximate surface area is 172 Å². The van der Waals surface area contributed by atoms with E-state index in [9.17, 15) is 13.2 Å². The number of methoxy groups -OCH3 is 1. The fraction of sp³-hybridized carbons (Fsp3) is 0.263. The molecule has 3 aromatic rings. The Hall–Kier alpha value is -2.00. The smallest absolute Gasteiger partial charge is 0.263 e. The number of hydrogen-bond donors (Lipinski definition) is 0. The highest BCUT2D eigenvalue weighted by Gasteiger charge is 2.18. The molecule has 1 amide bonds. The monoisotopic (exact) mass is 438 g/mol. The Balaban J connectivity index is 1.89. The predicted molar refractivity (Wildman–Crippen MR) is 111 cm³/mol. The second-order valence-corrected chi connectivity index (χ2v) is 9.67. The summed E-state index contributed by atoms with van der Waals surface area (Å²) < 4.78 is 32.5. The highest BCUT2D eigenvalue weighted by atomic mass is 35.5. The van der Waals surface area contributed by atoms with Crippen LogP contribution in [0.5, 0.6) is 0 Å². The summed E-state index contributed by atoms with van der Waals surface area (Å²) in [6.45, 7) is 0.920. The number of benzene rings is 2. The number of sulfone groups is 1. The van der Waals surface area contributed by atoms with E-state index in [-0.39, 0.29) is 5.75 Å². The number of hydrogen-bond acceptors (Lipinski definition) is 5. The molecule has 0 aliphatic carbocycles. The first-order valence-electron chi connectivity index (χ1n) is 8.48. The van der Waals surface area contributed by atoms with E-state index in [0.717, 1.165) is 10.2 Å². The fourth-order valence-corrected chi connectivity index (χ4v) is 5.33. The molecule has 2 aromatic carbocycles. The summed E-state index contributed by atoms with van der Waals surface area (Å²) in [5.74, 6) is -1.53. The number of amides is 1. The van der Waals surface area contributed by atoms with Crippen LogP contribution < -0.4 is 4.80 Å². The van der Waals surface area contributed by atoms with Gasteiger partial charge >= 0.3 is 0 Å². The van der Waals surface area contributed by atoms with Gasteiger partial charge in [-0.3, -0.25) is 4.79 Å². The van der Waals surface area contributed by atoms with Crippen LogP contribution in [0.3, 0.4) is 0 Å². The van der Waals surface area contributed by atoms with Crippen molar-refractivity contribution < 1.29 is 17.9 Å². The third-order valence-electron chi connectivity index (χ3n) is 3.96. The zero-order valence-corrected chi connectivity index (χ0v) is 17.6. The molecule has 0 aliphatic rings. The average molecular weight is 439 g/mol. The molecule has 0 atom stereocenters. The Kier molecular flexibility index (Phi) is 6.66. The van der Waals surface area contributed by atoms with Crippen LogP contribution in [-0.2, 0) is 31.7 Å². The lowest BCUT2D eigenvalue weighted by Crippen LogP contribution is -2.22. The Morgan fingerprint density at radius 3 is 2.68 bits per heavy atom. The Morgan fingerprint density at radius 1 is 1.21 bits per heavy atom. The first kappa shape index (κ1) is 20.7. The zero-order chi connectivity index (χ0) is 20.1. The van der Waals surface area contributed by atoms with Crippen molar-refractivity contribution in [3.05, 3.63) is 63.9 Å². The van der Waals surface area contributed by atoms with Crippen molar-refractivity contribution in [1.82, 2.24) is 4.57 Å². The van der Waals surface area contributed by atoms with Gasteiger partial charge in [0.15, 0.2) is 14.6 Å². The molecule has 0 saturated heterocycles. The molecular weight excluding hydrogens is 420 g/mol. The number of thiazole rings is 1. The Bertz CT molecular complexity index is 1150. The van der Waals surface area contributed by atoms with Crippen LogP contribution in [0.25, 0.3) is 10.2 Å². The standard InChI is InChI=1S/C19H19ClN2O4S2/c1-26-10-9-22-16-8-7-15(20)11-17(16)27-19(22)21-18(23)13-28(24,25)12-14-5-3-2-4-6-14/h2-8,11H,9-10,12-13H2,1H3. The van der Waals surface area contributed by atoms with Gasteiger partial charge in [0.1, 0.15) is 5.75 Å². The number of halogens is 1. The van der Waals surface area contributed by atoms with E-state index in [1.165, 1.54) is 11.3 Å². The van der Waals surface area contributed by atoms with E-state index in [2.05, 4.69) is 4.99 Å². The molecule has 0 bridgehead atoms. The van der Waals surface area contributed by atoms with Gasteiger partial charge in [-0.2, -0.15) is 4.99 Å². The average Bonchev–Trinajstić information content (AvgIpc) is 2.95. The maximum atomic E-state index is 12.4. The van der Waals surface area contributed by atoms with Crippen molar-refractivity contribution in [3.8, 4) is 0 Å². The maximum Gasteiger partial charge on any atom is 0.263 e. The lowest BCUT2D eigenvalue weighted by Gasteiger charge is -2.04. The Morgan fingerprint density at radius 2 is 1.96 bits per heavy atom. The van der Waals surface area contributed by atoms with Gasteiger partial charge in [-0.15, -0.1) is 0 Å². The number of carbonyl (C=O) groups is 1. The van der Waals surface area contributed by atoms with Gasteiger partial charge in [-0.25, -0.2) is 8.42 Å². The van der Waals surface area contributed by atoms with Crippen LogP contribution in [0.15, 0.2) is 53.5 Å². The highest BCUT2D eigenvalue weighted by molar-refractivity contribution is 7.91. The van der Waals surface area contributed by atoms with Crippen molar-refractivity contribution in [3.63, 3.8) is 0 Å². The third kappa shape index (κ3) is 5.29. The molecule has 0 N–H and O–H groups in total. The van der Waals surface area contributed by atoms with Crippen molar-refractivity contribution in [1.29, 1.82) is 0 Å². The minimum atomic E-state index is -3.61. The lowest BCUT2D eigenvalue weighted by molar-refractivity contribution is -0.115. The van der Waals surface area contributed by atoms with Gasteiger partial charge in [-0.05, 0) is 23.8 Å². The van der Waals surface area contributed by atoms with Gasteiger partial charge in [0.05, 0.1) is 22.6 Å². The minimum Gasteiger partial charge on any atom is -0.383 e. The number of aromatic nitrogens is 1. The predicted octanol–water partition coefficient (Wildman–Crippen LogP) is 3.04. The second-order valence-electron chi connectivity index (χ2n) is 6.16. The number of rotatable bonds is 7. The van der Waals surface area contributed by atoms with Crippen LogP contribution in [0.2, 0.25) is 5.02 Å². The van der Waals surface area contributed by atoms with Gasteiger partial charge in [0, 0.05) is 18.7 Å². The molecule has 3 rings (SSSR count). The summed E-state index contributed by atoms with van der Waals surface area (Å²) in [6.07, 6.45) is 0. The minimum absolute atomic E-state index is 0.194. The van der Waals surface area contributed by atoms with Crippen molar-refractivity contribution >= 4 is 48.9 Å². The number of fused-ring (bicyclic) bond motifs is 1. The molecule has 148 valence electrons. The SMILES string of the molecule is COCCn1c(=NC(=O)CS(=O)(=O)Cc2ccccc2)sc2cc(Cl)ccc21. The molecule has 9 heteroatoms. The van der Waals surface area contributed by atoms with Crippen molar-refractivity contribution in [2.75, 3.05) is 19.5 Å². The highest BCUT2D eigenvalue weighted by Crippen LogP contribution is 2.22. The van der Waals surface area contributed by atoms with Crippen LogP contribution in [0.1, 0.15) is 5.56 Å². The van der Waals surface area contributed by atoms with Crippen molar-refractivity contribution in [2.45, 2.75) is 12.3 Å². The van der Waals surface area contributed by atoms with E-state index in [1.807, 2.05) is 16.7 Å². The summed E-state index contributed by atoms with van der Waals surface area (Å²) in [5, 5.41) is 0.580. The largest absolute Gasteiger partial charge is 0.383 e. The lowest BCUT2D eigenvalue weighted by atomic mass is 10.2. The maximum absolute atomic E-state index is 12.4. The third-order valence-corrected chi connectivity index (χ3v) is 6.69. The van der Waals surface area contributed by atoms with Crippen LogP contribution >= 0.6 is 22.9 Å². The fourth-order valence-electron chi connectivity index (χ4n) is 2.74. The second kappa shape index (κ2) is 9.00. The van der Waals surface area contributed by atoms with Crippen LogP contribution in [0.4, 0.5) is 0 Å². The topological polar surface area (TPSA) is 77.7 Å². The molecule has 1 heterocycles. The first-order valence-corrected chi connectivity index (χ1v) is 11.5. The number of carbonyl (C=O) groups excluding carboxylic acids is 1. The van der Waals surface area contributed by atoms with Gasteiger partial charge in [0.2, 0.25) is 0 Å². The van der Waals surface area contributed by atoms with E-state index in [4.69, 9.17) is 16.3 Å². The van der Waals surface area contributed by atoms with E-state index >= 15 is 0 Å². The summed E-state index contributed by atoms with van der Waals surface area (Å²) in [7, 11) is -2.03. The molecule has 1 aromatic heterocycles. The molecule has 0 unspecified atom stereocenters. The quantitative estimate of drug-likeness (QED) is 0.568. The van der Waals surface area contributed by atoms with E-state index in [0.29, 0.717) is 28.5 Å². The molecular formula is C19H19ClN2O4S2. The van der Waals surface area contributed by atoms with Gasteiger partial charge in [-0.1, -0.05) is 53.3 Å². The molecule has 0 saturated carbocycles. The normalized spacial score (nSPS) is 12.6. The summed E-state index contributed by atoms with van der Waals surface area (Å²) in [5.41, 5.74) is 1.51. The number of nitrogens with zero attached hydrogens (tertiary/aromatic N) is 2. The van der Waals surface area contributed by atoms with Crippen LogP contribution in [-0.4, -0.2) is 38.4 Å². The van der Waals surface area contributed by atoms with E-state index in [1.54, 1.807) is 43.5 Å². The zero-order valence-electron chi connectivity index (χ0n) is 15.2. The molecule has 6 nitrogen and oxygen atoms in total. The molecule has 0 aliphatic heterocycles. The summed E-state index contributed by atoms with van der Waals surface area (Å²) >= 11 is 7.34. The van der Waals surface area contributed by atoms with Gasteiger partial charge in [0.25, 0.3) is 5.91 Å². The molecule has 0 radical (unpaired) electrons. The van der Waals surface area contributed by atoms with Gasteiger partial charge < -0.3 is 9.30 Å². The molecule has 28 heavy (non-hydrogen) atoms. The molecule has 0 fully saturated rings. The van der Waals surface area contributed by atoms with Crippen molar-refractivity contribution in [2.24, 2.45) is 4.99 Å². The van der Waals surface area contributed by atoms with E-state index < -0.39 is 21.5 Å². The number of ether oxygens (including phenoxy) is 1. The summed E-state index contributed by atoms with van der Waals surface area (Å²) in [6, 6.07) is 14.2. The van der Waals surface area contributed by atoms with Crippen LogP contribution in [0, 0.1) is 0 Å². The molecule has 0 spiro atoms. The summed E-state index contributed by atoms with van der Waals surface area (Å²) in [4.78, 5) is 16.9. The first-order chi connectivity index (χ1) is 13.4.